The molecule has 8 nitrogen and oxygen atoms in total. The van der Waals surface area contributed by atoms with Gasteiger partial charge in [0.15, 0.2) is 0 Å². The summed E-state index contributed by atoms with van der Waals surface area (Å²) >= 11 is 0. The van der Waals surface area contributed by atoms with Crippen LogP contribution in [0.5, 0.6) is 0 Å². The molecule has 1 aliphatic heterocycles. The Morgan fingerprint density at radius 3 is 2.77 bits per heavy atom. The second-order valence-corrected chi connectivity index (χ2v) is 7.34. The van der Waals surface area contributed by atoms with E-state index in [9.17, 15) is 19.7 Å². The molecule has 0 saturated heterocycles. The number of nitro benzene ring substituents is 1. The summed E-state index contributed by atoms with van der Waals surface area (Å²) in [6.07, 6.45) is 4.89. The lowest BCUT2D eigenvalue weighted by molar-refractivity contribution is -0.385. The molecule has 2 heterocycles. The molecular formula is C22H21N3O5. The van der Waals surface area contributed by atoms with Gasteiger partial charge in [0, 0.05) is 19.0 Å². The topological polar surface area (TPSA) is 104 Å². The maximum atomic E-state index is 12.9. The summed E-state index contributed by atoms with van der Waals surface area (Å²) in [5.74, 6) is 0.126. The molecular weight excluding hydrogens is 386 g/mol. The van der Waals surface area contributed by atoms with Gasteiger partial charge in [-0.25, -0.2) is 9.78 Å². The number of para-hydroxylation sites is 1. The molecule has 4 rings (SSSR count). The van der Waals surface area contributed by atoms with Gasteiger partial charge in [0.1, 0.15) is 12.4 Å². The van der Waals surface area contributed by atoms with Gasteiger partial charge in [0.25, 0.3) is 11.2 Å². The quantitative estimate of drug-likeness (QED) is 0.370. The molecule has 1 aromatic heterocycles. The minimum Gasteiger partial charge on any atom is -0.457 e. The van der Waals surface area contributed by atoms with Crippen LogP contribution in [-0.2, 0) is 24.3 Å². The average molecular weight is 407 g/mol. The van der Waals surface area contributed by atoms with Crippen LogP contribution in [0.25, 0.3) is 10.9 Å². The molecule has 0 spiro atoms. The van der Waals surface area contributed by atoms with Gasteiger partial charge in [-0.2, -0.15) is 0 Å². The highest BCUT2D eigenvalue weighted by atomic mass is 16.6. The monoisotopic (exact) mass is 407 g/mol. The summed E-state index contributed by atoms with van der Waals surface area (Å²) in [4.78, 5) is 40.6. The number of fused-ring (bicyclic) bond motifs is 2. The van der Waals surface area contributed by atoms with Gasteiger partial charge in [-0.3, -0.25) is 19.5 Å². The molecule has 0 aliphatic carbocycles. The first-order chi connectivity index (χ1) is 14.5. The fraction of sp³-hybridized carbons (Fsp3) is 0.318. The van der Waals surface area contributed by atoms with Crippen LogP contribution in [-0.4, -0.2) is 20.4 Å². The van der Waals surface area contributed by atoms with Crippen LogP contribution in [0.2, 0.25) is 0 Å². The highest BCUT2D eigenvalue weighted by Crippen LogP contribution is 2.20. The maximum Gasteiger partial charge on any atom is 0.338 e. The SMILES string of the molecule is O=C(OCc1ccccc1[N+](=O)[O-])c1ccc2c(=O)n3c(nc2c1)CCCCCC3. The molecule has 3 aromatic rings. The van der Waals surface area contributed by atoms with E-state index in [1.54, 1.807) is 34.9 Å². The van der Waals surface area contributed by atoms with E-state index >= 15 is 0 Å². The highest BCUT2D eigenvalue weighted by Gasteiger charge is 2.17. The van der Waals surface area contributed by atoms with Crippen LogP contribution in [0, 0.1) is 10.1 Å². The van der Waals surface area contributed by atoms with E-state index in [1.165, 1.54) is 12.1 Å². The lowest BCUT2D eigenvalue weighted by Gasteiger charge is -2.16. The number of hydrogen-bond donors (Lipinski definition) is 0. The number of aryl methyl sites for hydroxylation is 1. The lowest BCUT2D eigenvalue weighted by Crippen LogP contribution is -2.26. The minimum atomic E-state index is -0.622. The van der Waals surface area contributed by atoms with Crippen LogP contribution in [0.1, 0.15) is 47.4 Å². The van der Waals surface area contributed by atoms with Crippen molar-refractivity contribution in [1.29, 1.82) is 0 Å². The zero-order valence-corrected chi connectivity index (χ0v) is 16.4. The Balaban J connectivity index is 1.60. The number of nitro groups is 1. The molecule has 0 amide bonds. The molecule has 0 saturated carbocycles. The standard InChI is InChI=1S/C22H21N3O5/c26-21-17-11-10-15(13-18(17)23-20-9-3-1-2-6-12-24(20)21)22(27)30-14-16-7-4-5-8-19(16)25(28)29/h4-5,7-8,10-11,13H,1-3,6,9,12,14H2. The summed E-state index contributed by atoms with van der Waals surface area (Å²) in [7, 11) is 0. The summed E-state index contributed by atoms with van der Waals surface area (Å²) in [6, 6.07) is 10.8. The third-order valence-corrected chi connectivity index (χ3v) is 5.35. The zero-order chi connectivity index (χ0) is 21.1. The predicted molar refractivity (Wildman–Crippen MR) is 110 cm³/mol. The number of carbonyl (C=O) groups excluding carboxylic acids is 1. The van der Waals surface area contributed by atoms with Crippen molar-refractivity contribution in [3.05, 3.63) is 79.9 Å². The molecule has 0 bridgehead atoms. The van der Waals surface area contributed by atoms with E-state index in [4.69, 9.17) is 4.74 Å². The van der Waals surface area contributed by atoms with E-state index in [1.807, 2.05) is 0 Å². The highest BCUT2D eigenvalue weighted by molar-refractivity contribution is 5.94. The minimum absolute atomic E-state index is 0.0864. The van der Waals surface area contributed by atoms with Crippen LogP contribution in [0.15, 0.2) is 47.3 Å². The maximum absolute atomic E-state index is 12.9. The molecule has 30 heavy (non-hydrogen) atoms. The van der Waals surface area contributed by atoms with Gasteiger partial charge >= 0.3 is 5.97 Å². The molecule has 8 heteroatoms. The molecule has 0 atom stereocenters. The third-order valence-electron chi connectivity index (χ3n) is 5.35. The Morgan fingerprint density at radius 1 is 1.13 bits per heavy atom. The zero-order valence-electron chi connectivity index (χ0n) is 16.4. The Hall–Kier alpha value is -3.55. The van der Waals surface area contributed by atoms with Crippen molar-refractivity contribution in [1.82, 2.24) is 9.55 Å². The second kappa shape index (κ2) is 8.44. The van der Waals surface area contributed by atoms with E-state index < -0.39 is 10.9 Å². The fourth-order valence-corrected chi connectivity index (χ4v) is 3.76. The number of aromatic nitrogens is 2. The molecule has 2 aromatic carbocycles. The number of rotatable bonds is 4. The fourth-order valence-electron chi connectivity index (χ4n) is 3.76. The first-order valence-electron chi connectivity index (χ1n) is 9.97. The number of carbonyl (C=O) groups is 1. The van der Waals surface area contributed by atoms with Crippen molar-refractivity contribution >= 4 is 22.6 Å². The largest absolute Gasteiger partial charge is 0.457 e. The van der Waals surface area contributed by atoms with Crippen molar-refractivity contribution in [3.63, 3.8) is 0 Å². The van der Waals surface area contributed by atoms with Gasteiger partial charge < -0.3 is 4.74 Å². The van der Waals surface area contributed by atoms with Crippen molar-refractivity contribution in [3.8, 4) is 0 Å². The molecule has 0 N–H and O–H groups in total. The molecule has 0 fully saturated rings. The van der Waals surface area contributed by atoms with Crippen molar-refractivity contribution in [2.45, 2.75) is 45.3 Å². The van der Waals surface area contributed by atoms with E-state index in [2.05, 4.69) is 4.98 Å². The number of benzene rings is 2. The molecule has 1 aliphatic rings. The smallest absolute Gasteiger partial charge is 0.338 e. The lowest BCUT2D eigenvalue weighted by atomic mass is 10.1. The van der Waals surface area contributed by atoms with Gasteiger partial charge in [0.05, 0.1) is 27.0 Å². The van der Waals surface area contributed by atoms with Gasteiger partial charge in [-0.15, -0.1) is 0 Å². The summed E-state index contributed by atoms with van der Waals surface area (Å²) in [5.41, 5.74) is 0.846. The Bertz CT molecular complexity index is 1190. The van der Waals surface area contributed by atoms with Crippen molar-refractivity contribution in [2.24, 2.45) is 0 Å². The van der Waals surface area contributed by atoms with Gasteiger partial charge in [-0.05, 0) is 37.1 Å². The van der Waals surface area contributed by atoms with E-state index in [0.717, 1.165) is 37.9 Å². The van der Waals surface area contributed by atoms with Crippen molar-refractivity contribution in [2.75, 3.05) is 0 Å². The van der Waals surface area contributed by atoms with Gasteiger partial charge in [-0.1, -0.05) is 25.0 Å². The van der Waals surface area contributed by atoms with Crippen LogP contribution in [0.3, 0.4) is 0 Å². The van der Waals surface area contributed by atoms with Crippen LogP contribution in [0.4, 0.5) is 5.69 Å². The van der Waals surface area contributed by atoms with Crippen LogP contribution >= 0.6 is 0 Å². The predicted octanol–water partition coefficient (Wildman–Crippen LogP) is 3.78. The Morgan fingerprint density at radius 2 is 1.93 bits per heavy atom. The first-order valence-corrected chi connectivity index (χ1v) is 9.97. The molecule has 154 valence electrons. The second-order valence-electron chi connectivity index (χ2n) is 7.34. The number of hydrogen-bond acceptors (Lipinski definition) is 6. The Labute approximate surface area is 172 Å². The van der Waals surface area contributed by atoms with E-state index in [0.29, 0.717) is 23.0 Å². The molecule has 0 radical (unpaired) electrons. The number of nitrogens with zero attached hydrogens (tertiary/aromatic N) is 3. The normalized spacial score (nSPS) is 13.9. The van der Waals surface area contributed by atoms with Crippen molar-refractivity contribution < 1.29 is 14.5 Å². The van der Waals surface area contributed by atoms with Gasteiger partial charge in [0.2, 0.25) is 0 Å². The number of ether oxygens (including phenoxy) is 1. The summed E-state index contributed by atoms with van der Waals surface area (Å²) in [6.45, 7) is 0.449. The number of esters is 1. The summed E-state index contributed by atoms with van der Waals surface area (Å²) < 4.78 is 7.02. The Kier molecular flexibility index (Phi) is 5.56. The average Bonchev–Trinajstić information content (AvgIpc) is 2.73. The third kappa shape index (κ3) is 3.94. The molecule has 0 unspecified atom stereocenters. The van der Waals surface area contributed by atoms with E-state index in [-0.39, 0.29) is 23.4 Å². The summed E-state index contributed by atoms with van der Waals surface area (Å²) in [5, 5.41) is 11.6. The first kappa shape index (κ1) is 19.8. The van der Waals surface area contributed by atoms with Crippen LogP contribution < -0.4 is 5.56 Å².